The Morgan fingerprint density at radius 1 is 1.18 bits per heavy atom. The number of carbonyl (C=O) groups is 2. The molecule has 1 aromatic carbocycles. The smallest absolute Gasteiger partial charge is 0.231 e. The molecule has 0 atom stereocenters. The van der Waals surface area contributed by atoms with E-state index in [0.717, 1.165) is 31.6 Å². The maximum atomic E-state index is 12.1. The second-order valence-electron chi connectivity index (χ2n) is 5.55. The molecule has 2 heterocycles. The molecular formula is C16H20N2O4. The van der Waals surface area contributed by atoms with E-state index in [4.69, 9.17) is 9.47 Å². The van der Waals surface area contributed by atoms with E-state index in [2.05, 4.69) is 0 Å². The largest absolute Gasteiger partial charge is 0.454 e. The molecule has 1 aromatic rings. The van der Waals surface area contributed by atoms with Crippen LogP contribution in [-0.2, 0) is 9.59 Å². The summed E-state index contributed by atoms with van der Waals surface area (Å²) in [5, 5.41) is 0. The number of hydrogen-bond donors (Lipinski definition) is 0. The van der Waals surface area contributed by atoms with Gasteiger partial charge in [0.05, 0.1) is 0 Å². The number of benzene rings is 1. The lowest BCUT2D eigenvalue weighted by atomic mass is 10.2. The van der Waals surface area contributed by atoms with E-state index < -0.39 is 0 Å². The Balaban J connectivity index is 1.67. The number of anilines is 1. The van der Waals surface area contributed by atoms with Crippen molar-refractivity contribution in [2.75, 3.05) is 31.3 Å². The number of carbonyl (C=O) groups excluding carboxylic acids is 2. The van der Waals surface area contributed by atoms with Crippen LogP contribution in [0.1, 0.15) is 26.2 Å². The molecule has 118 valence electrons. The van der Waals surface area contributed by atoms with Crippen LogP contribution in [0, 0.1) is 0 Å². The second-order valence-corrected chi connectivity index (χ2v) is 5.55. The van der Waals surface area contributed by atoms with Crippen LogP contribution in [0.2, 0.25) is 0 Å². The fourth-order valence-corrected chi connectivity index (χ4v) is 2.85. The molecule has 3 rings (SSSR count). The van der Waals surface area contributed by atoms with Gasteiger partial charge in [-0.25, -0.2) is 0 Å². The van der Waals surface area contributed by atoms with Gasteiger partial charge in [-0.15, -0.1) is 0 Å². The zero-order chi connectivity index (χ0) is 15.5. The van der Waals surface area contributed by atoms with Gasteiger partial charge in [-0.1, -0.05) is 0 Å². The van der Waals surface area contributed by atoms with Gasteiger partial charge in [0.15, 0.2) is 11.5 Å². The van der Waals surface area contributed by atoms with Crippen LogP contribution in [0.5, 0.6) is 11.5 Å². The van der Waals surface area contributed by atoms with Crippen LogP contribution in [0.25, 0.3) is 0 Å². The molecule has 0 N–H and O–H groups in total. The number of likely N-dealkylation sites (tertiary alicyclic amines) is 1. The van der Waals surface area contributed by atoms with E-state index in [1.165, 1.54) is 6.92 Å². The molecule has 0 aliphatic carbocycles. The summed E-state index contributed by atoms with van der Waals surface area (Å²) in [5.41, 5.74) is 0.728. The quantitative estimate of drug-likeness (QED) is 0.851. The van der Waals surface area contributed by atoms with E-state index in [1.54, 1.807) is 17.0 Å². The standard InChI is InChI=1S/C16H20N2O4/c1-12(19)18(9-6-16(20)17-7-2-3-8-17)13-4-5-14-15(10-13)22-11-21-14/h4-5,10H,2-3,6-9,11H2,1H3. The Labute approximate surface area is 129 Å². The van der Waals surface area contributed by atoms with Crippen LogP contribution < -0.4 is 14.4 Å². The van der Waals surface area contributed by atoms with Crippen molar-refractivity contribution in [1.82, 2.24) is 4.90 Å². The number of ether oxygens (including phenoxy) is 2. The number of amides is 2. The molecule has 2 amide bonds. The molecule has 0 bridgehead atoms. The average molecular weight is 304 g/mol. The molecule has 0 radical (unpaired) electrons. The van der Waals surface area contributed by atoms with Crippen LogP contribution in [0.3, 0.4) is 0 Å². The molecule has 22 heavy (non-hydrogen) atoms. The van der Waals surface area contributed by atoms with Gasteiger partial charge in [0.2, 0.25) is 18.6 Å². The molecule has 2 aliphatic rings. The highest BCUT2D eigenvalue weighted by Crippen LogP contribution is 2.35. The highest BCUT2D eigenvalue weighted by atomic mass is 16.7. The SMILES string of the molecule is CC(=O)N(CCC(=O)N1CCCC1)c1ccc2c(c1)OCO2. The maximum absolute atomic E-state index is 12.1. The monoisotopic (exact) mass is 304 g/mol. The molecule has 0 spiro atoms. The molecule has 0 unspecified atom stereocenters. The van der Waals surface area contributed by atoms with Gasteiger partial charge in [-0.3, -0.25) is 9.59 Å². The predicted molar refractivity (Wildman–Crippen MR) is 81.0 cm³/mol. The number of rotatable bonds is 4. The van der Waals surface area contributed by atoms with Crippen molar-refractivity contribution in [3.63, 3.8) is 0 Å². The first kappa shape index (κ1) is 14.7. The Kier molecular flexibility index (Phi) is 4.18. The van der Waals surface area contributed by atoms with Gasteiger partial charge < -0.3 is 19.3 Å². The Hall–Kier alpha value is -2.24. The predicted octanol–water partition coefficient (Wildman–Crippen LogP) is 1.78. The Morgan fingerprint density at radius 2 is 1.91 bits per heavy atom. The lowest BCUT2D eigenvalue weighted by molar-refractivity contribution is -0.129. The summed E-state index contributed by atoms with van der Waals surface area (Å²) in [5.74, 6) is 1.34. The summed E-state index contributed by atoms with van der Waals surface area (Å²) >= 11 is 0. The summed E-state index contributed by atoms with van der Waals surface area (Å²) in [6.45, 7) is 3.76. The summed E-state index contributed by atoms with van der Waals surface area (Å²) < 4.78 is 10.6. The Bertz CT molecular complexity index is 582. The lowest BCUT2D eigenvalue weighted by Crippen LogP contribution is -2.35. The van der Waals surface area contributed by atoms with Crippen LogP contribution in [0.15, 0.2) is 18.2 Å². The van der Waals surface area contributed by atoms with Gasteiger partial charge in [-0.2, -0.15) is 0 Å². The van der Waals surface area contributed by atoms with Gasteiger partial charge in [-0.05, 0) is 25.0 Å². The van der Waals surface area contributed by atoms with Crippen LogP contribution in [0.4, 0.5) is 5.69 Å². The number of hydrogen-bond acceptors (Lipinski definition) is 4. The van der Waals surface area contributed by atoms with Crippen molar-refractivity contribution in [2.45, 2.75) is 26.2 Å². The van der Waals surface area contributed by atoms with E-state index in [-0.39, 0.29) is 18.6 Å². The van der Waals surface area contributed by atoms with Crippen molar-refractivity contribution >= 4 is 17.5 Å². The minimum absolute atomic E-state index is 0.0897. The average Bonchev–Trinajstić information content (AvgIpc) is 3.17. The molecule has 1 saturated heterocycles. The van der Waals surface area contributed by atoms with Gasteiger partial charge in [0.1, 0.15) is 0 Å². The maximum Gasteiger partial charge on any atom is 0.231 e. The first-order chi connectivity index (χ1) is 10.6. The molecule has 1 fully saturated rings. The van der Waals surface area contributed by atoms with Crippen molar-refractivity contribution in [3.05, 3.63) is 18.2 Å². The zero-order valence-corrected chi connectivity index (χ0v) is 12.7. The van der Waals surface area contributed by atoms with Crippen molar-refractivity contribution < 1.29 is 19.1 Å². The Morgan fingerprint density at radius 3 is 2.64 bits per heavy atom. The number of nitrogens with zero attached hydrogens (tertiary/aromatic N) is 2. The van der Waals surface area contributed by atoms with Crippen molar-refractivity contribution in [1.29, 1.82) is 0 Å². The second kappa shape index (κ2) is 6.25. The van der Waals surface area contributed by atoms with Gasteiger partial charge in [0, 0.05) is 44.7 Å². The summed E-state index contributed by atoms with van der Waals surface area (Å²) in [7, 11) is 0. The zero-order valence-electron chi connectivity index (χ0n) is 12.7. The minimum Gasteiger partial charge on any atom is -0.454 e. The fraction of sp³-hybridized carbons (Fsp3) is 0.500. The first-order valence-corrected chi connectivity index (χ1v) is 7.60. The molecule has 0 aromatic heterocycles. The third-order valence-electron chi connectivity index (χ3n) is 4.06. The van der Waals surface area contributed by atoms with Crippen LogP contribution in [-0.4, -0.2) is 43.1 Å². The lowest BCUT2D eigenvalue weighted by Gasteiger charge is -2.23. The van der Waals surface area contributed by atoms with E-state index >= 15 is 0 Å². The van der Waals surface area contributed by atoms with E-state index in [1.807, 2.05) is 11.0 Å². The van der Waals surface area contributed by atoms with Gasteiger partial charge in [0.25, 0.3) is 0 Å². The third-order valence-corrected chi connectivity index (χ3v) is 4.06. The highest BCUT2D eigenvalue weighted by molar-refractivity contribution is 5.92. The molecular weight excluding hydrogens is 284 g/mol. The molecule has 0 saturated carbocycles. The normalized spacial score (nSPS) is 16.0. The van der Waals surface area contributed by atoms with E-state index in [0.29, 0.717) is 24.5 Å². The number of fused-ring (bicyclic) bond motifs is 1. The van der Waals surface area contributed by atoms with Gasteiger partial charge >= 0.3 is 0 Å². The fourth-order valence-electron chi connectivity index (χ4n) is 2.85. The van der Waals surface area contributed by atoms with E-state index in [9.17, 15) is 9.59 Å². The van der Waals surface area contributed by atoms with Crippen LogP contribution >= 0.6 is 0 Å². The molecule has 6 heteroatoms. The summed E-state index contributed by atoms with van der Waals surface area (Å²) in [6.07, 6.45) is 2.49. The van der Waals surface area contributed by atoms with Crippen molar-refractivity contribution in [2.24, 2.45) is 0 Å². The molecule has 2 aliphatic heterocycles. The minimum atomic E-state index is -0.0897. The highest BCUT2D eigenvalue weighted by Gasteiger charge is 2.21. The third kappa shape index (κ3) is 3.00. The topological polar surface area (TPSA) is 59.1 Å². The summed E-state index contributed by atoms with van der Waals surface area (Å²) in [4.78, 5) is 27.5. The first-order valence-electron chi connectivity index (χ1n) is 7.60. The van der Waals surface area contributed by atoms with Crippen molar-refractivity contribution in [3.8, 4) is 11.5 Å². The summed E-state index contributed by atoms with van der Waals surface area (Å²) in [6, 6.07) is 5.38. The molecule has 6 nitrogen and oxygen atoms in total.